The molecule has 0 bridgehead atoms. The number of hydrazone groups is 1. The number of nitrogens with one attached hydrogen (secondary N) is 1. The van der Waals surface area contributed by atoms with Crippen LogP contribution in [0.25, 0.3) is 11.0 Å². The largest absolute Gasteiger partial charge is 0.493 e. The number of carbonyl (C=O) groups excluding carboxylic acids is 1. The lowest BCUT2D eigenvalue weighted by atomic mass is 10.2. The fourth-order valence-corrected chi connectivity index (χ4v) is 4.44. The number of hydrogen-bond acceptors (Lipinski definition) is 7. The highest BCUT2D eigenvalue weighted by Crippen LogP contribution is 2.38. The van der Waals surface area contributed by atoms with Crippen LogP contribution in [-0.4, -0.2) is 26.0 Å². The highest BCUT2D eigenvalue weighted by atomic mass is 79.9. The van der Waals surface area contributed by atoms with Gasteiger partial charge in [-0.2, -0.15) is 5.10 Å². The third-order valence-corrected chi connectivity index (χ3v) is 6.24. The van der Waals surface area contributed by atoms with Crippen LogP contribution in [0.5, 0.6) is 23.0 Å². The van der Waals surface area contributed by atoms with E-state index < -0.39 is 5.91 Å². The van der Waals surface area contributed by atoms with Gasteiger partial charge in [0.15, 0.2) is 28.8 Å². The first-order chi connectivity index (χ1) is 17.0. The third kappa shape index (κ3) is 5.13. The van der Waals surface area contributed by atoms with E-state index >= 15 is 0 Å². The molecule has 5 rings (SSSR count). The van der Waals surface area contributed by atoms with Crippen LogP contribution in [0.3, 0.4) is 0 Å². The molecule has 1 aliphatic rings. The summed E-state index contributed by atoms with van der Waals surface area (Å²) in [6.45, 7) is 0.530. The second-order valence-corrected chi connectivity index (χ2v) is 9.27. The minimum atomic E-state index is -0.455. The zero-order chi connectivity index (χ0) is 24.4. The molecule has 2 heterocycles. The number of hydrogen-bond donors (Lipinski definition) is 1. The van der Waals surface area contributed by atoms with Crippen molar-refractivity contribution in [3.8, 4) is 23.0 Å². The van der Waals surface area contributed by atoms with Gasteiger partial charge in [-0.05, 0) is 75.6 Å². The molecule has 3 aromatic carbocycles. The van der Waals surface area contributed by atoms with Crippen LogP contribution in [0.4, 0.5) is 0 Å². The van der Waals surface area contributed by atoms with Crippen LogP contribution in [0.15, 0.2) is 73.1 Å². The quantitative estimate of drug-likeness (QED) is 0.205. The first-order valence-corrected chi connectivity index (χ1v) is 12.0. The Hall–Kier alpha value is -3.50. The summed E-state index contributed by atoms with van der Waals surface area (Å²) in [6, 6.07) is 16.4. The number of rotatable bonds is 7. The third-order valence-electron chi connectivity index (χ3n) is 5.15. The predicted molar refractivity (Wildman–Crippen MR) is 137 cm³/mol. The number of fused-ring (bicyclic) bond motifs is 2. The normalized spacial score (nSPS) is 12.3. The minimum Gasteiger partial charge on any atom is -0.493 e. The summed E-state index contributed by atoms with van der Waals surface area (Å²) in [5.41, 5.74) is 4.71. The summed E-state index contributed by atoms with van der Waals surface area (Å²) in [7, 11) is 1.55. The average molecular weight is 602 g/mol. The van der Waals surface area contributed by atoms with E-state index in [1.807, 2.05) is 36.4 Å². The van der Waals surface area contributed by atoms with Crippen molar-refractivity contribution in [2.45, 2.75) is 6.61 Å². The molecule has 0 spiro atoms. The standard InChI is InChI=1S/C25H18Br2N2O6/c1-31-22-8-15(11-28-29-25(30)23-10-16-9-17(26)3-5-19(16)35-23)6-18(27)24(22)32-12-14-2-4-20-21(7-14)34-13-33-20/h2-11H,12-13H2,1H3,(H,29,30)/b28-11+. The van der Waals surface area contributed by atoms with Crippen LogP contribution in [0.1, 0.15) is 21.7 Å². The van der Waals surface area contributed by atoms with Gasteiger partial charge in [-0.1, -0.05) is 22.0 Å². The Labute approximate surface area is 217 Å². The van der Waals surface area contributed by atoms with Gasteiger partial charge in [-0.25, -0.2) is 5.43 Å². The number of benzene rings is 3. The van der Waals surface area contributed by atoms with Gasteiger partial charge in [-0.3, -0.25) is 4.79 Å². The SMILES string of the molecule is COc1cc(/C=N/NC(=O)c2cc3cc(Br)ccc3o2)cc(Br)c1OCc1ccc2c(c1)OCO2. The molecule has 1 N–H and O–H groups in total. The van der Waals surface area contributed by atoms with Crippen molar-refractivity contribution in [3.05, 3.63) is 80.4 Å². The molecule has 0 fully saturated rings. The monoisotopic (exact) mass is 600 g/mol. The number of ether oxygens (including phenoxy) is 4. The molecular formula is C25H18Br2N2O6. The van der Waals surface area contributed by atoms with Crippen molar-refractivity contribution in [2.75, 3.05) is 13.9 Å². The molecule has 1 aromatic heterocycles. The van der Waals surface area contributed by atoms with Gasteiger partial charge in [0.05, 0.1) is 17.8 Å². The molecule has 0 aliphatic carbocycles. The zero-order valence-corrected chi connectivity index (χ0v) is 21.5. The average Bonchev–Trinajstić information content (AvgIpc) is 3.49. The molecule has 1 amide bonds. The number of nitrogens with zero attached hydrogens (tertiary/aromatic N) is 1. The highest BCUT2D eigenvalue weighted by molar-refractivity contribution is 9.10. The van der Waals surface area contributed by atoms with E-state index in [0.717, 1.165) is 21.2 Å². The van der Waals surface area contributed by atoms with Crippen molar-refractivity contribution in [2.24, 2.45) is 5.10 Å². The maximum atomic E-state index is 12.4. The molecule has 0 atom stereocenters. The van der Waals surface area contributed by atoms with Gasteiger partial charge in [0.2, 0.25) is 6.79 Å². The molecule has 8 nitrogen and oxygen atoms in total. The van der Waals surface area contributed by atoms with Crippen LogP contribution in [0.2, 0.25) is 0 Å². The fraction of sp³-hybridized carbons (Fsp3) is 0.120. The topological polar surface area (TPSA) is 91.5 Å². The Morgan fingerprint density at radius 3 is 2.80 bits per heavy atom. The van der Waals surface area contributed by atoms with Gasteiger partial charge in [-0.15, -0.1) is 0 Å². The molecule has 0 saturated heterocycles. The molecule has 10 heteroatoms. The summed E-state index contributed by atoms with van der Waals surface area (Å²) < 4.78 is 29.4. The maximum Gasteiger partial charge on any atom is 0.307 e. The van der Waals surface area contributed by atoms with Crippen molar-refractivity contribution in [1.82, 2.24) is 5.43 Å². The van der Waals surface area contributed by atoms with E-state index in [1.54, 1.807) is 25.3 Å². The Bertz CT molecular complexity index is 1450. The lowest BCUT2D eigenvalue weighted by Gasteiger charge is -2.13. The van der Waals surface area contributed by atoms with Gasteiger partial charge in [0, 0.05) is 9.86 Å². The van der Waals surface area contributed by atoms with Gasteiger partial charge < -0.3 is 23.4 Å². The van der Waals surface area contributed by atoms with Crippen LogP contribution in [0, 0.1) is 0 Å². The second-order valence-electron chi connectivity index (χ2n) is 7.50. The molecular weight excluding hydrogens is 584 g/mol. The lowest BCUT2D eigenvalue weighted by molar-refractivity contribution is 0.0929. The first-order valence-electron chi connectivity index (χ1n) is 10.4. The Balaban J connectivity index is 1.26. The van der Waals surface area contributed by atoms with E-state index in [2.05, 4.69) is 42.4 Å². The number of furan rings is 1. The van der Waals surface area contributed by atoms with E-state index in [1.165, 1.54) is 6.21 Å². The predicted octanol–water partition coefficient (Wildman–Crippen LogP) is 6.04. The van der Waals surface area contributed by atoms with Crippen molar-refractivity contribution >= 4 is 55.0 Å². The number of methoxy groups -OCH3 is 1. The number of amides is 1. The van der Waals surface area contributed by atoms with Crippen molar-refractivity contribution in [1.29, 1.82) is 0 Å². The summed E-state index contributed by atoms with van der Waals surface area (Å²) >= 11 is 6.93. The van der Waals surface area contributed by atoms with E-state index in [0.29, 0.717) is 39.5 Å². The Kier molecular flexibility index (Phi) is 6.65. The van der Waals surface area contributed by atoms with E-state index in [9.17, 15) is 4.79 Å². The lowest BCUT2D eigenvalue weighted by Crippen LogP contribution is -2.16. The summed E-state index contributed by atoms with van der Waals surface area (Å²) in [6.07, 6.45) is 1.51. The summed E-state index contributed by atoms with van der Waals surface area (Å²) in [5, 5.41) is 4.86. The van der Waals surface area contributed by atoms with E-state index in [4.69, 9.17) is 23.4 Å². The zero-order valence-electron chi connectivity index (χ0n) is 18.3. The molecule has 0 saturated carbocycles. The second kappa shape index (κ2) is 10.0. The molecule has 178 valence electrons. The molecule has 4 aromatic rings. The van der Waals surface area contributed by atoms with Gasteiger partial charge in [0.1, 0.15) is 12.2 Å². The molecule has 35 heavy (non-hydrogen) atoms. The van der Waals surface area contributed by atoms with Gasteiger partial charge in [0.25, 0.3) is 0 Å². The van der Waals surface area contributed by atoms with Crippen molar-refractivity contribution < 1.29 is 28.2 Å². The summed E-state index contributed by atoms with van der Waals surface area (Å²) in [5.74, 6) is 2.18. The van der Waals surface area contributed by atoms with Crippen LogP contribution >= 0.6 is 31.9 Å². The Morgan fingerprint density at radius 2 is 1.94 bits per heavy atom. The van der Waals surface area contributed by atoms with Gasteiger partial charge >= 0.3 is 5.91 Å². The fourth-order valence-electron chi connectivity index (χ4n) is 3.49. The summed E-state index contributed by atoms with van der Waals surface area (Å²) in [4.78, 5) is 12.4. The number of carbonyl (C=O) groups is 1. The molecule has 0 radical (unpaired) electrons. The maximum absolute atomic E-state index is 12.4. The molecule has 1 aliphatic heterocycles. The Morgan fingerprint density at radius 1 is 1.09 bits per heavy atom. The van der Waals surface area contributed by atoms with Crippen LogP contribution < -0.4 is 24.4 Å². The minimum absolute atomic E-state index is 0.168. The molecule has 0 unspecified atom stereocenters. The van der Waals surface area contributed by atoms with Crippen molar-refractivity contribution in [3.63, 3.8) is 0 Å². The smallest absolute Gasteiger partial charge is 0.307 e. The van der Waals surface area contributed by atoms with E-state index in [-0.39, 0.29) is 12.6 Å². The first kappa shape index (κ1) is 23.3. The van der Waals surface area contributed by atoms with Crippen LogP contribution in [-0.2, 0) is 6.61 Å². The number of halogens is 2. The highest BCUT2D eigenvalue weighted by Gasteiger charge is 2.16.